The van der Waals surface area contributed by atoms with E-state index < -0.39 is 5.79 Å². The van der Waals surface area contributed by atoms with Crippen molar-refractivity contribution < 1.29 is 11.6 Å². The topological polar surface area (TPSA) is 40.5 Å². The van der Waals surface area contributed by atoms with E-state index in [0.29, 0.717) is 0 Å². The predicted molar refractivity (Wildman–Crippen MR) is 45.1 cm³/mol. The van der Waals surface area contributed by atoms with Crippen LogP contribution in [0.25, 0.3) is 0 Å². The van der Waals surface area contributed by atoms with Crippen molar-refractivity contribution in [2.24, 2.45) is 0 Å². The van der Waals surface area contributed by atoms with Crippen molar-refractivity contribution in [2.45, 2.75) is 19.1 Å². The fourth-order valence-electron chi connectivity index (χ4n) is 0.983. The predicted octanol–water partition coefficient (Wildman–Crippen LogP) is 1.18. The Morgan fingerprint density at radius 2 is 1.82 bits per heavy atom. The minimum atomic E-state index is -1.60. The van der Waals surface area contributed by atoms with Crippen molar-refractivity contribution >= 4 is 0 Å². The second-order valence-corrected chi connectivity index (χ2v) is 2.88. The summed E-state index contributed by atoms with van der Waals surface area (Å²) in [6, 6.07) is 9.38. The normalized spacial score (nSPS) is 11.5. The van der Waals surface area contributed by atoms with Crippen molar-refractivity contribution in [1.29, 1.82) is 0 Å². The summed E-state index contributed by atoms with van der Waals surface area (Å²) in [6.07, 6.45) is 0.272. The third-order valence-corrected chi connectivity index (χ3v) is 1.38. The molecular weight excluding hydrogens is 140 g/mol. The number of aliphatic hydroxyl groups is 2. The number of hydrogen-bond acceptors (Lipinski definition) is 2. The van der Waals surface area contributed by atoms with Crippen LogP contribution < -0.4 is 0 Å². The van der Waals surface area contributed by atoms with Crippen LogP contribution in [0.5, 0.6) is 0 Å². The lowest BCUT2D eigenvalue weighted by Crippen LogP contribution is -2.25. The molecule has 0 saturated heterocycles. The van der Waals surface area contributed by atoms with Crippen molar-refractivity contribution in [1.82, 2.24) is 0 Å². The van der Waals surface area contributed by atoms with Gasteiger partial charge in [0.05, 0.1) is 0 Å². The molecule has 0 atom stereocenters. The molecule has 0 saturated carbocycles. The maximum Gasteiger partial charge on any atom is 0.163 e. The Kier molecular flexibility index (Phi) is 2.27. The summed E-state index contributed by atoms with van der Waals surface area (Å²) in [7, 11) is 0. The third-order valence-electron chi connectivity index (χ3n) is 1.38. The van der Waals surface area contributed by atoms with E-state index in [1.165, 1.54) is 6.92 Å². The van der Waals surface area contributed by atoms with Crippen molar-refractivity contribution in [3.8, 4) is 0 Å². The molecule has 0 aliphatic rings. The first kappa shape index (κ1) is 8.24. The molecule has 1 rings (SSSR count). The smallest absolute Gasteiger partial charge is 0.163 e. The van der Waals surface area contributed by atoms with Crippen LogP contribution in [-0.4, -0.2) is 16.0 Å². The first-order chi connectivity index (χ1) is 5.08. The Balaban J connectivity index is 0.00000121. The van der Waals surface area contributed by atoms with Gasteiger partial charge in [-0.3, -0.25) is 0 Å². The van der Waals surface area contributed by atoms with Crippen LogP contribution >= 0.6 is 0 Å². The number of hydrogen-bond donors (Lipinski definition) is 2. The van der Waals surface area contributed by atoms with Gasteiger partial charge in [0.2, 0.25) is 0 Å². The van der Waals surface area contributed by atoms with Crippen LogP contribution in [0.2, 0.25) is 0 Å². The second-order valence-electron chi connectivity index (χ2n) is 2.88. The van der Waals surface area contributed by atoms with Crippen LogP contribution in [0.3, 0.4) is 0 Å². The Labute approximate surface area is 67.6 Å². The van der Waals surface area contributed by atoms with Gasteiger partial charge in [-0.25, -0.2) is 0 Å². The van der Waals surface area contributed by atoms with Gasteiger partial charge in [0.25, 0.3) is 0 Å². The Bertz CT molecular complexity index is 216. The molecule has 0 fully saturated rings. The SMILES string of the molecule is CC(O)(O)Cc1ccccc1.[HH]. The molecule has 11 heavy (non-hydrogen) atoms. The summed E-state index contributed by atoms with van der Waals surface area (Å²) < 4.78 is 0. The molecule has 1 aromatic rings. The summed E-state index contributed by atoms with van der Waals surface area (Å²) in [5, 5.41) is 18.1. The lowest BCUT2D eigenvalue weighted by atomic mass is 10.1. The molecular formula is C9H14O2. The van der Waals surface area contributed by atoms with Gasteiger partial charge in [0.15, 0.2) is 5.79 Å². The maximum atomic E-state index is 9.03. The van der Waals surface area contributed by atoms with Crippen LogP contribution in [0, 0.1) is 0 Å². The van der Waals surface area contributed by atoms with Crippen LogP contribution in [-0.2, 0) is 6.42 Å². The van der Waals surface area contributed by atoms with Crippen LogP contribution in [0.15, 0.2) is 30.3 Å². The van der Waals surface area contributed by atoms with E-state index in [1.54, 1.807) is 0 Å². The first-order valence-electron chi connectivity index (χ1n) is 3.57. The molecule has 2 N–H and O–H groups in total. The summed E-state index contributed by atoms with van der Waals surface area (Å²) in [5.41, 5.74) is 0.931. The zero-order chi connectivity index (χ0) is 8.32. The van der Waals surface area contributed by atoms with Gasteiger partial charge in [0, 0.05) is 7.85 Å². The quantitative estimate of drug-likeness (QED) is 0.628. The molecule has 0 aromatic heterocycles. The molecule has 0 spiro atoms. The second kappa shape index (κ2) is 3.03. The molecule has 0 aliphatic carbocycles. The summed E-state index contributed by atoms with van der Waals surface area (Å²) in [4.78, 5) is 0. The van der Waals surface area contributed by atoms with E-state index in [2.05, 4.69) is 0 Å². The van der Waals surface area contributed by atoms with E-state index in [1.807, 2.05) is 30.3 Å². The standard InChI is InChI=1S/C9H12O2.H2/c1-9(10,11)7-8-5-3-2-4-6-8;/h2-6,10-11H,7H2,1H3;1H. The Hall–Kier alpha value is -0.860. The van der Waals surface area contributed by atoms with Gasteiger partial charge in [-0.1, -0.05) is 30.3 Å². The fourth-order valence-corrected chi connectivity index (χ4v) is 0.983. The molecule has 0 aliphatic heterocycles. The molecule has 0 heterocycles. The maximum absolute atomic E-state index is 9.03. The molecule has 1 aromatic carbocycles. The van der Waals surface area contributed by atoms with Gasteiger partial charge >= 0.3 is 0 Å². The monoisotopic (exact) mass is 154 g/mol. The van der Waals surface area contributed by atoms with Crippen LogP contribution in [0.1, 0.15) is 13.9 Å². The number of rotatable bonds is 2. The highest BCUT2D eigenvalue weighted by molar-refractivity contribution is 5.15. The van der Waals surface area contributed by atoms with Gasteiger partial charge in [-0.15, -0.1) is 0 Å². The van der Waals surface area contributed by atoms with Crippen molar-refractivity contribution in [3.05, 3.63) is 35.9 Å². The lowest BCUT2D eigenvalue weighted by molar-refractivity contribution is -0.142. The minimum absolute atomic E-state index is 0. The number of benzene rings is 1. The van der Waals surface area contributed by atoms with Crippen molar-refractivity contribution in [2.75, 3.05) is 0 Å². The highest BCUT2D eigenvalue weighted by atomic mass is 16.5. The fraction of sp³-hybridized carbons (Fsp3) is 0.333. The molecule has 2 nitrogen and oxygen atoms in total. The highest BCUT2D eigenvalue weighted by Gasteiger charge is 2.14. The summed E-state index contributed by atoms with van der Waals surface area (Å²) in [5.74, 6) is -1.60. The van der Waals surface area contributed by atoms with Gasteiger partial charge in [-0.05, 0) is 12.5 Å². The van der Waals surface area contributed by atoms with E-state index in [0.717, 1.165) is 5.56 Å². The Morgan fingerprint density at radius 1 is 1.27 bits per heavy atom. The van der Waals surface area contributed by atoms with E-state index in [-0.39, 0.29) is 7.85 Å². The first-order valence-corrected chi connectivity index (χ1v) is 3.57. The largest absolute Gasteiger partial charge is 0.366 e. The molecule has 2 heteroatoms. The van der Waals surface area contributed by atoms with Gasteiger partial charge in [0.1, 0.15) is 0 Å². The summed E-state index contributed by atoms with van der Waals surface area (Å²) >= 11 is 0. The van der Waals surface area contributed by atoms with Gasteiger partial charge < -0.3 is 10.2 Å². The van der Waals surface area contributed by atoms with Crippen molar-refractivity contribution in [3.63, 3.8) is 0 Å². The molecule has 0 radical (unpaired) electrons. The van der Waals surface area contributed by atoms with Gasteiger partial charge in [-0.2, -0.15) is 0 Å². The average Bonchev–Trinajstić information content (AvgIpc) is 1.85. The minimum Gasteiger partial charge on any atom is -0.366 e. The zero-order valence-electron chi connectivity index (χ0n) is 6.49. The van der Waals surface area contributed by atoms with E-state index >= 15 is 0 Å². The van der Waals surface area contributed by atoms with E-state index in [4.69, 9.17) is 10.2 Å². The average molecular weight is 154 g/mol. The molecule has 62 valence electrons. The molecule has 0 bridgehead atoms. The van der Waals surface area contributed by atoms with Crippen LogP contribution in [0.4, 0.5) is 0 Å². The molecule has 0 unspecified atom stereocenters. The summed E-state index contributed by atoms with van der Waals surface area (Å²) in [6.45, 7) is 1.38. The van der Waals surface area contributed by atoms with E-state index in [9.17, 15) is 0 Å². The highest BCUT2D eigenvalue weighted by Crippen LogP contribution is 2.08. The molecule has 0 amide bonds. The Morgan fingerprint density at radius 3 is 2.27 bits per heavy atom. The third kappa shape index (κ3) is 3.16. The zero-order valence-corrected chi connectivity index (χ0v) is 6.49. The lowest BCUT2D eigenvalue weighted by Gasteiger charge is -2.14.